The molecule has 128 valence electrons. The van der Waals surface area contributed by atoms with Crippen LogP contribution >= 0.6 is 0 Å². The summed E-state index contributed by atoms with van der Waals surface area (Å²) < 4.78 is 5.19. The van der Waals surface area contributed by atoms with Crippen molar-refractivity contribution in [2.24, 2.45) is 0 Å². The largest absolute Gasteiger partial charge is 0.467 e. The van der Waals surface area contributed by atoms with Gasteiger partial charge in [-0.05, 0) is 43.7 Å². The van der Waals surface area contributed by atoms with Crippen LogP contribution in [-0.2, 0) is 6.54 Å². The number of nitrogens with one attached hydrogen (secondary N) is 1. The van der Waals surface area contributed by atoms with Crippen molar-refractivity contribution in [2.75, 3.05) is 11.4 Å². The van der Waals surface area contributed by atoms with Crippen molar-refractivity contribution in [3.8, 4) is 0 Å². The minimum atomic E-state index is -0.283. The standard InChI is InChI=1S/C19H20N4O2/c1-3-23(15-7-4-6-14(2)10-15)18-13-20-17(12-21-18)19(24)22-11-16-8-5-9-25-16/h4-10,12-13H,3,11H2,1-2H3,(H,22,24). The lowest BCUT2D eigenvalue weighted by Crippen LogP contribution is -2.24. The summed E-state index contributed by atoms with van der Waals surface area (Å²) in [5.41, 5.74) is 2.50. The summed E-state index contributed by atoms with van der Waals surface area (Å²) in [4.78, 5) is 22.8. The van der Waals surface area contributed by atoms with Gasteiger partial charge in [0.1, 0.15) is 11.5 Å². The van der Waals surface area contributed by atoms with Gasteiger partial charge < -0.3 is 14.6 Å². The summed E-state index contributed by atoms with van der Waals surface area (Å²) in [6.45, 7) is 5.17. The molecule has 0 aliphatic carbocycles. The molecule has 1 aromatic carbocycles. The van der Waals surface area contributed by atoms with Gasteiger partial charge in [-0.15, -0.1) is 0 Å². The maximum atomic E-state index is 12.1. The number of aromatic nitrogens is 2. The van der Waals surface area contributed by atoms with Crippen LogP contribution in [0.1, 0.15) is 28.7 Å². The molecule has 3 aromatic rings. The Kier molecular flexibility index (Phi) is 5.09. The van der Waals surface area contributed by atoms with Crippen LogP contribution in [0.4, 0.5) is 11.5 Å². The van der Waals surface area contributed by atoms with E-state index in [9.17, 15) is 4.79 Å². The molecule has 0 aliphatic rings. The molecule has 0 saturated carbocycles. The first kappa shape index (κ1) is 16.7. The van der Waals surface area contributed by atoms with Crippen molar-refractivity contribution in [1.29, 1.82) is 0 Å². The number of hydrogen-bond donors (Lipinski definition) is 1. The zero-order valence-corrected chi connectivity index (χ0v) is 14.3. The molecule has 0 atom stereocenters. The molecule has 1 N–H and O–H groups in total. The number of nitrogens with zero attached hydrogens (tertiary/aromatic N) is 3. The van der Waals surface area contributed by atoms with E-state index in [2.05, 4.69) is 34.3 Å². The third-order valence-electron chi connectivity index (χ3n) is 3.78. The van der Waals surface area contributed by atoms with E-state index in [1.165, 1.54) is 11.8 Å². The number of benzene rings is 1. The summed E-state index contributed by atoms with van der Waals surface area (Å²) in [7, 11) is 0. The first-order valence-electron chi connectivity index (χ1n) is 8.14. The predicted molar refractivity (Wildman–Crippen MR) is 95.8 cm³/mol. The molecule has 0 saturated heterocycles. The van der Waals surface area contributed by atoms with Crippen molar-refractivity contribution in [2.45, 2.75) is 20.4 Å². The highest BCUT2D eigenvalue weighted by atomic mass is 16.3. The zero-order chi connectivity index (χ0) is 17.6. The molecular formula is C19H20N4O2. The number of carbonyl (C=O) groups is 1. The number of furan rings is 1. The van der Waals surface area contributed by atoms with Crippen molar-refractivity contribution in [3.05, 3.63) is 72.1 Å². The first-order chi connectivity index (χ1) is 12.2. The Morgan fingerprint density at radius 2 is 2.08 bits per heavy atom. The minimum absolute atomic E-state index is 0.274. The van der Waals surface area contributed by atoms with Crippen molar-refractivity contribution < 1.29 is 9.21 Å². The fraction of sp³-hybridized carbons (Fsp3) is 0.211. The highest BCUT2D eigenvalue weighted by Crippen LogP contribution is 2.23. The molecule has 0 spiro atoms. The fourth-order valence-corrected chi connectivity index (χ4v) is 2.52. The second-order valence-corrected chi connectivity index (χ2v) is 5.61. The van der Waals surface area contributed by atoms with E-state index in [1.807, 2.05) is 24.0 Å². The molecule has 2 heterocycles. The molecule has 25 heavy (non-hydrogen) atoms. The van der Waals surface area contributed by atoms with Gasteiger partial charge in [-0.2, -0.15) is 0 Å². The van der Waals surface area contributed by atoms with E-state index in [-0.39, 0.29) is 11.6 Å². The Labute approximate surface area is 146 Å². The van der Waals surface area contributed by atoms with Gasteiger partial charge in [0.25, 0.3) is 5.91 Å². The van der Waals surface area contributed by atoms with Gasteiger partial charge in [0.15, 0.2) is 5.82 Å². The van der Waals surface area contributed by atoms with E-state index in [0.717, 1.165) is 12.2 Å². The van der Waals surface area contributed by atoms with Crippen LogP contribution in [0.2, 0.25) is 0 Å². The van der Waals surface area contributed by atoms with Crippen LogP contribution in [0.3, 0.4) is 0 Å². The van der Waals surface area contributed by atoms with Gasteiger partial charge in [0.05, 0.1) is 25.2 Å². The number of carbonyl (C=O) groups excluding carboxylic acids is 1. The van der Waals surface area contributed by atoms with Gasteiger partial charge in [-0.1, -0.05) is 12.1 Å². The quantitative estimate of drug-likeness (QED) is 0.746. The van der Waals surface area contributed by atoms with Crippen LogP contribution in [0.15, 0.2) is 59.5 Å². The molecule has 0 unspecified atom stereocenters. The number of hydrogen-bond acceptors (Lipinski definition) is 5. The van der Waals surface area contributed by atoms with Crippen LogP contribution in [0.5, 0.6) is 0 Å². The van der Waals surface area contributed by atoms with Gasteiger partial charge in [-0.3, -0.25) is 4.79 Å². The lowest BCUT2D eigenvalue weighted by Gasteiger charge is -2.22. The average Bonchev–Trinajstić information content (AvgIpc) is 3.15. The van der Waals surface area contributed by atoms with Crippen LogP contribution < -0.4 is 10.2 Å². The lowest BCUT2D eigenvalue weighted by atomic mass is 10.2. The number of anilines is 2. The second kappa shape index (κ2) is 7.61. The Morgan fingerprint density at radius 1 is 1.20 bits per heavy atom. The summed E-state index contributed by atoms with van der Waals surface area (Å²) in [6, 6.07) is 11.8. The third kappa shape index (κ3) is 4.03. The molecule has 0 bridgehead atoms. The number of rotatable bonds is 6. The Hall–Kier alpha value is -3.15. The van der Waals surface area contributed by atoms with Gasteiger partial charge in [0.2, 0.25) is 0 Å². The van der Waals surface area contributed by atoms with E-state index in [0.29, 0.717) is 18.1 Å². The summed E-state index contributed by atoms with van der Waals surface area (Å²) >= 11 is 0. The lowest BCUT2D eigenvalue weighted by molar-refractivity contribution is 0.0942. The molecule has 1 amide bonds. The van der Waals surface area contributed by atoms with Crippen LogP contribution in [0.25, 0.3) is 0 Å². The van der Waals surface area contributed by atoms with Crippen molar-refractivity contribution in [3.63, 3.8) is 0 Å². The SMILES string of the molecule is CCN(c1cccc(C)c1)c1cnc(C(=O)NCc2ccco2)cn1. The topological polar surface area (TPSA) is 71.3 Å². The van der Waals surface area contributed by atoms with Crippen molar-refractivity contribution in [1.82, 2.24) is 15.3 Å². The molecule has 0 fully saturated rings. The Balaban J connectivity index is 1.71. The Bertz CT molecular complexity index is 829. The van der Waals surface area contributed by atoms with Crippen molar-refractivity contribution >= 4 is 17.4 Å². The number of aryl methyl sites for hydroxylation is 1. The minimum Gasteiger partial charge on any atom is -0.467 e. The second-order valence-electron chi connectivity index (χ2n) is 5.61. The van der Waals surface area contributed by atoms with Crippen LogP contribution in [-0.4, -0.2) is 22.4 Å². The van der Waals surface area contributed by atoms with Crippen LogP contribution in [0, 0.1) is 6.92 Å². The van der Waals surface area contributed by atoms with E-state index in [1.54, 1.807) is 24.6 Å². The monoisotopic (exact) mass is 336 g/mol. The average molecular weight is 336 g/mol. The van der Waals surface area contributed by atoms with E-state index >= 15 is 0 Å². The molecular weight excluding hydrogens is 316 g/mol. The smallest absolute Gasteiger partial charge is 0.271 e. The highest BCUT2D eigenvalue weighted by molar-refractivity contribution is 5.92. The first-order valence-corrected chi connectivity index (χ1v) is 8.14. The maximum Gasteiger partial charge on any atom is 0.271 e. The molecule has 6 nitrogen and oxygen atoms in total. The predicted octanol–water partition coefficient (Wildman–Crippen LogP) is 3.47. The van der Waals surface area contributed by atoms with Gasteiger partial charge >= 0.3 is 0 Å². The third-order valence-corrected chi connectivity index (χ3v) is 3.78. The zero-order valence-electron chi connectivity index (χ0n) is 14.3. The number of amides is 1. The van der Waals surface area contributed by atoms with Gasteiger partial charge in [0, 0.05) is 12.2 Å². The molecule has 0 aliphatic heterocycles. The summed E-state index contributed by atoms with van der Waals surface area (Å²) in [6.07, 6.45) is 4.68. The maximum absolute atomic E-state index is 12.1. The molecule has 3 rings (SSSR count). The Morgan fingerprint density at radius 3 is 2.72 bits per heavy atom. The molecule has 6 heteroatoms. The summed E-state index contributed by atoms with van der Waals surface area (Å²) in [5, 5.41) is 2.75. The highest BCUT2D eigenvalue weighted by Gasteiger charge is 2.12. The normalized spacial score (nSPS) is 10.5. The molecule has 0 radical (unpaired) electrons. The molecule has 2 aromatic heterocycles. The van der Waals surface area contributed by atoms with Gasteiger partial charge in [-0.25, -0.2) is 9.97 Å². The fourth-order valence-electron chi connectivity index (χ4n) is 2.52. The van der Waals surface area contributed by atoms with E-state index in [4.69, 9.17) is 4.42 Å². The van der Waals surface area contributed by atoms with E-state index < -0.39 is 0 Å². The summed E-state index contributed by atoms with van der Waals surface area (Å²) in [5.74, 6) is 1.11.